The second kappa shape index (κ2) is 5.34. The van der Waals surface area contributed by atoms with Gasteiger partial charge in [-0.05, 0) is 19.9 Å². The van der Waals surface area contributed by atoms with E-state index >= 15 is 0 Å². The van der Waals surface area contributed by atoms with Crippen LogP contribution in [0.3, 0.4) is 0 Å². The van der Waals surface area contributed by atoms with Gasteiger partial charge in [0.25, 0.3) is 5.82 Å². The SMILES string of the molecule is CCN(CC)c1ccc(C(=O)OC)c[nH+]1. The molecule has 0 bridgehead atoms. The maximum absolute atomic E-state index is 11.2. The fourth-order valence-corrected chi connectivity index (χ4v) is 1.42. The lowest BCUT2D eigenvalue weighted by molar-refractivity contribution is -0.364. The standard InChI is InChI=1S/C11H16N2O2/c1-4-13(5-2)10-7-6-9(8-12-10)11(14)15-3/h6-8H,4-5H2,1-3H3/p+1. The van der Waals surface area contributed by atoms with Crippen molar-refractivity contribution in [2.45, 2.75) is 13.8 Å². The number of aromatic amines is 1. The second-order valence-electron chi connectivity index (χ2n) is 3.13. The van der Waals surface area contributed by atoms with Crippen molar-refractivity contribution >= 4 is 11.8 Å². The van der Waals surface area contributed by atoms with Gasteiger partial charge in [-0.1, -0.05) is 0 Å². The number of pyridine rings is 1. The van der Waals surface area contributed by atoms with Crippen molar-refractivity contribution in [3.63, 3.8) is 0 Å². The number of hydrogen-bond acceptors (Lipinski definition) is 3. The normalized spacial score (nSPS) is 9.80. The van der Waals surface area contributed by atoms with Crippen molar-refractivity contribution in [3.05, 3.63) is 23.9 Å². The predicted molar refractivity (Wildman–Crippen MR) is 57.9 cm³/mol. The first-order valence-corrected chi connectivity index (χ1v) is 5.07. The van der Waals surface area contributed by atoms with Gasteiger partial charge in [-0.3, -0.25) is 4.90 Å². The number of nitrogens with zero attached hydrogens (tertiary/aromatic N) is 1. The van der Waals surface area contributed by atoms with E-state index in [-0.39, 0.29) is 5.97 Å². The monoisotopic (exact) mass is 209 g/mol. The first-order valence-electron chi connectivity index (χ1n) is 5.07. The Balaban J connectivity index is 2.84. The van der Waals surface area contributed by atoms with E-state index in [0.717, 1.165) is 18.9 Å². The Hall–Kier alpha value is -1.58. The zero-order valence-electron chi connectivity index (χ0n) is 9.41. The lowest BCUT2D eigenvalue weighted by Gasteiger charge is -2.11. The number of methoxy groups -OCH3 is 1. The summed E-state index contributed by atoms with van der Waals surface area (Å²) in [7, 11) is 1.38. The molecule has 1 rings (SSSR count). The molecule has 4 heteroatoms. The van der Waals surface area contributed by atoms with Crippen molar-refractivity contribution < 1.29 is 14.5 Å². The molecule has 0 aliphatic carbocycles. The van der Waals surface area contributed by atoms with Crippen LogP contribution in [0.15, 0.2) is 18.3 Å². The fraction of sp³-hybridized carbons (Fsp3) is 0.455. The summed E-state index contributed by atoms with van der Waals surface area (Å²) in [4.78, 5) is 16.4. The van der Waals surface area contributed by atoms with Gasteiger partial charge < -0.3 is 4.74 Å². The highest BCUT2D eigenvalue weighted by Crippen LogP contribution is 2.07. The molecule has 4 nitrogen and oxygen atoms in total. The zero-order chi connectivity index (χ0) is 11.3. The first-order chi connectivity index (χ1) is 7.22. The number of H-pyrrole nitrogens is 1. The summed E-state index contributed by atoms with van der Waals surface area (Å²) in [6, 6.07) is 3.65. The number of esters is 1. The van der Waals surface area contributed by atoms with Crippen LogP contribution >= 0.6 is 0 Å². The maximum atomic E-state index is 11.2. The maximum Gasteiger partial charge on any atom is 0.341 e. The van der Waals surface area contributed by atoms with Crippen molar-refractivity contribution in [3.8, 4) is 0 Å². The van der Waals surface area contributed by atoms with Gasteiger partial charge in [-0.2, -0.15) is 0 Å². The molecular formula is C11H17N2O2+. The number of anilines is 1. The Morgan fingerprint density at radius 2 is 2.07 bits per heavy atom. The molecule has 0 fully saturated rings. The minimum Gasteiger partial charge on any atom is -0.465 e. The van der Waals surface area contributed by atoms with Crippen molar-refractivity contribution in [1.29, 1.82) is 0 Å². The summed E-state index contributed by atoms with van der Waals surface area (Å²) in [6.45, 7) is 6.05. The van der Waals surface area contributed by atoms with Crippen LogP contribution in [0.1, 0.15) is 24.2 Å². The molecule has 0 radical (unpaired) electrons. The molecule has 0 aromatic carbocycles. The van der Waals surface area contributed by atoms with Crippen molar-refractivity contribution in [2.75, 3.05) is 25.1 Å². The summed E-state index contributed by atoms with van der Waals surface area (Å²) < 4.78 is 4.62. The lowest BCUT2D eigenvalue weighted by Crippen LogP contribution is -2.28. The number of hydrogen-bond donors (Lipinski definition) is 0. The molecular weight excluding hydrogens is 192 g/mol. The molecule has 0 spiro atoms. The van der Waals surface area contributed by atoms with Gasteiger partial charge in [-0.25, -0.2) is 9.78 Å². The van der Waals surface area contributed by atoms with Gasteiger partial charge in [0.1, 0.15) is 6.20 Å². The topological polar surface area (TPSA) is 43.7 Å². The first kappa shape index (κ1) is 11.5. The summed E-state index contributed by atoms with van der Waals surface area (Å²) in [5, 5.41) is 0. The highest BCUT2D eigenvalue weighted by Gasteiger charge is 2.12. The zero-order valence-corrected chi connectivity index (χ0v) is 9.41. The van der Waals surface area contributed by atoms with E-state index in [1.807, 2.05) is 6.07 Å². The number of aromatic nitrogens is 1. The van der Waals surface area contributed by atoms with E-state index in [1.165, 1.54) is 7.11 Å². The van der Waals surface area contributed by atoms with Gasteiger partial charge in [0.15, 0.2) is 0 Å². The largest absolute Gasteiger partial charge is 0.465 e. The van der Waals surface area contributed by atoms with Crippen LogP contribution in [-0.2, 0) is 4.74 Å². The van der Waals surface area contributed by atoms with Gasteiger partial charge in [0.05, 0.1) is 25.8 Å². The molecule has 1 heterocycles. The smallest absolute Gasteiger partial charge is 0.341 e. The highest BCUT2D eigenvalue weighted by atomic mass is 16.5. The molecule has 15 heavy (non-hydrogen) atoms. The molecule has 1 aromatic heterocycles. The average Bonchev–Trinajstić information content (AvgIpc) is 2.30. The molecule has 0 saturated heterocycles. The summed E-state index contributed by atoms with van der Waals surface area (Å²) in [5.74, 6) is 0.685. The minimum atomic E-state index is -0.322. The van der Waals surface area contributed by atoms with Gasteiger partial charge in [-0.15, -0.1) is 0 Å². The van der Waals surface area contributed by atoms with Crippen LogP contribution in [0.5, 0.6) is 0 Å². The minimum absolute atomic E-state index is 0.322. The second-order valence-corrected chi connectivity index (χ2v) is 3.13. The molecule has 1 aromatic rings. The number of rotatable bonds is 4. The van der Waals surface area contributed by atoms with Crippen LogP contribution in [0, 0.1) is 0 Å². The van der Waals surface area contributed by atoms with E-state index in [2.05, 4.69) is 28.5 Å². The summed E-state index contributed by atoms with van der Waals surface area (Å²) in [6.07, 6.45) is 1.67. The number of nitrogens with one attached hydrogen (secondary N) is 1. The van der Waals surface area contributed by atoms with Crippen molar-refractivity contribution in [1.82, 2.24) is 0 Å². The quantitative estimate of drug-likeness (QED) is 0.698. The third kappa shape index (κ3) is 2.68. The Bertz CT molecular complexity index is 318. The number of carbonyl (C=O) groups excluding carboxylic acids is 1. The van der Waals surface area contributed by atoms with Crippen molar-refractivity contribution in [2.24, 2.45) is 0 Å². The fourth-order valence-electron chi connectivity index (χ4n) is 1.42. The van der Waals surface area contributed by atoms with E-state index in [0.29, 0.717) is 5.56 Å². The predicted octanol–water partition coefficient (Wildman–Crippen LogP) is 1.13. The number of ether oxygens (including phenoxy) is 1. The van der Waals surface area contributed by atoms with Crippen LogP contribution in [0.25, 0.3) is 0 Å². The van der Waals surface area contributed by atoms with Crippen LogP contribution < -0.4 is 9.88 Å². The van der Waals surface area contributed by atoms with E-state index in [1.54, 1.807) is 12.3 Å². The van der Waals surface area contributed by atoms with E-state index in [4.69, 9.17) is 0 Å². The Morgan fingerprint density at radius 3 is 2.47 bits per heavy atom. The van der Waals surface area contributed by atoms with Gasteiger partial charge in [0.2, 0.25) is 0 Å². The van der Waals surface area contributed by atoms with Crippen LogP contribution in [0.2, 0.25) is 0 Å². The molecule has 82 valence electrons. The van der Waals surface area contributed by atoms with Crippen LogP contribution in [0.4, 0.5) is 5.82 Å². The Kier molecular flexibility index (Phi) is 4.09. The van der Waals surface area contributed by atoms with Gasteiger partial charge >= 0.3 is 5.97 Å². The summed E-state index contributed by atoms with van der Waals surface area (Å²) in [5.41, 5.74) is 0.536. The summed E-state index contributed by atoms with van der Waals surface area (Å²) >= 11 is 0. The molecule has 0 unspecified atom stereocenters. The third-order valence-electron chi connectivity index (χ3n) is 2.32. The highest BCUT2D eigenvalue weighted by molar-refractivity contribution is 5.88. The molecule has 0 aliphatic heterocycles. The Labute approximate surface area is 89.9 Å². The average molecular weight is 209 g/mol. The van der Waals surface area contributed by atoms with Gasteiger partial charge in [0, 0.05) is 6.07 Å². The molecule has 0 atom stereocenters. The molecule has 0 amide bonds. The van der Waals surface area contributed by atoms with Crippen LogP contribution in [-0.4, -0.2) is 26.2 Å². The molecule has 1 N–H and O–H groups in total. The van der Waals surface area contributed by atoms with E-state index < -0.39 is 0 Å². The lowest BCUT2D eigenvalue weighted by atomic mass is 10.3. The molecule has 0 aliphatic rings. The molecule has 0 saturated carbocycles. The van der Waals surface area contributed by atoms with E-state index in [9.17, 15) is 4.79 Å². The Morgan fingerprint density at radius 1 is 1.40 bits per heavy atom. The number of carbonyl (C=O) groups is 1. The third-order valence-corrected chi connectivity index (χ3v) is 2.32.